The lowest BCUT2D eigenvalue weighted by Gasteiger charge is -2.11. The summed E-state index contributed by atoms with van der Waals surface area (Å²) in [6.45, 7) is 2.68. The van der Waals surface area contributed by atoms with E-state index in [2.05, 4.69) is 25.6 Å². The van der Waals surface area contributed by atoms with E-state index in [0.717, 1.165) is 11.1 Å². The van der Waals surface area contributed by atoms with Crippen molar-refractivity contribution in [2.45, 2.75) is 6.92 Å². The molecule has 0 aliphatic heterocycles. The van der Waals surface area contributed by atoms with Crippen molar-refractivity contribution in [3.8, 4) is 0 Å². The standard InChI is InChI=1S/C17H18N6O3/c1-11-6-7-12-4-3-5-13(14(12)21-11)22-17-15(23(24)25)16(19-10-20-17)18-8-9-26-2/h3-7,10H,8-9H2,1-2H3,(H2,18,19,20,22). The van der Waals surface area contributed by atoms with Gasteiger partial charge in [0, 0.05) is 24.7 Å². The monoisotopic (exact) mass is 354 g/mol. The van der Waals surface area contributed by atoms with Crippen molar-refractivity contribution >= 4 is 33.9 Å². The fourth-order valence-corrected chi connectivity index (χ4v) is 2.52. The zero-order chi connectivity index (χ0) is 18.5. The number of methoxy groups -OCH3 is 1. The van der Waals surface area contributed by atoms with Gasteiger partial charge in [-0.15, -0.1) is 0 Å². The summed E-state index contributed by atoms with van der Waals surface area (Å²) in [5.41, 5.74) is 1.98. The quantitative estimate of drug-likeness (QED) is 0.378. The Balaban J connectivity index is 2.01. The molecule has 3 aromatic rings. The largest absolute Gasteiger partial charge is 0.383 e. The molecule has 0 aliphatic carbocycles. The normalized spacial score (nSPS) is 10.7. The van der Waals surface area contributed by atoms with Crippen LogP contribution in [0.15, 0.2) is 36.7 Å². The Morgan fingerprint density at radius 1 is 1.19 bits per heavy atom. The fraction of sp³-hybridized carbons (Fsp3) is 0.235. The third-order valence-corrected chi connectivity index (χ3v) is 3.72. The second kappa shape index (κ2) is 7.70. The van der Waals surface area contributed by atoms with E-state index in [9.17, 15) is 10.1 Å². The first-order chi connectivity index (χ1) is 12.6. The maximum Gasteiger partial charge on any atom is 0.353 e. The number of benzene rings is 1. The minimum atomic E-state index is -0.513. The van der Waals surface area contributed by atoms with E-state index in [-0.39, 0.29) is 17.3 Å². The van der Waals surface area contributed by atoms with Crippen LogP contribution in [0.4, 0.5) is 23.0 Å². The third-order valence-electron chi connectivity index (χ3n) is 3.72. The topological polar surface area (TPSA) is 115 Å². The molecule has 0 saturated heterocycles. The lowest BCUT2D eigenvalue weighted by Crippen LogP contribution is -2.12. The molecule has 2 N–H and O–H groups in total. The van der Waals surface area contributed by atoms with Gasteiger partial charge in [0.05, 0.1) is 22.7 Å². The van der Waals surface area contributed by atoms with Crippen LogP contribution in [-0.4, -0.2) is 40.1 Å². The van der Waals surface area contributed by atoms with Crippen molar-refractivity contribution in [3.05, 3.63) is 52.5 Å². The van der Waals surface area contributed by atoms with Crippen molar-refractivity contribution in [1.29, 1.82) is 0 Å². The summed E-state index contributed by atoms with van der Waals surface area (Å²) >= 11 is 0. The van der Waals surface area contributed by atoms with Crippen molar-refractivity contribution in [3.63, 3.8) is 0 Å². The van der Waals surface area contributed by atoms with Crippen molar-refractivity contribution in [1.82, 2.24) is 15.0 Å². The number of nitrogens with one attached hydrogen (secondary N) is 2. The molecule has 3 rings (SSSR count). The lowest BCUT2D eigenvalue weighted by molar-refractivity contribution is -0.383. The van der Waals surface area contributed by atoms with Crippen LogP contribution >= 0.6 is 0 Å². The molecule has 9 nitrogen and oxygen atoms in total. The average Bonchev–Trinajstić information content (AvgIpc) is 2.62. The van der Waals surface area contributed by atoms with Crippen LogP contribution in [0.1, 0.15) is 5.69 Å². The van der Waals surface area contributed by atoms with E-state index >= 15 is 0 Å². The molecule has 0 radical (unpaired) electrons. The Kier molecular flexibility index (Phi) is 5.18. The highest BCUT2D eigenvalue weighted by Crippen LogP contribution is 2.33. The van der Waals surface area contributed by atoms with Gasteiger partial charge in [-0.3, -0.25) is 15.1 Å². The van der Waals surface area contributed by atoms with Gasteiger partial charge in [0.1, 0.15) is 6.33 Å². The highest BCUT2D eigenvalue weighted by atomic mass is 16.6. The predicted octanol–water partition coefficient (Wildman–Crippen LogP) is 3.04. The average molecular weight is 354 g/mol. The predicted molar refractivity (Wildman–Crippen MR) is 98.8 cm³/mol. The van der Waals surface area contributed by atoms with Crippen LogP contribution in [0.3, 0.4) is 0 Å². The molecular weight excluding hydrogens is 336 g/mol. The van der Waals surface area contributed by atoms with E-state index in [0.29, 0.717) is 24.4 Å². The van der Waals surface area contributed by atoms with Gasteiger partial charge in [-0.1, -0.05) is 18.2 Å². The Bertz CT molecular complexity index is 947. The van der Waals surface area contributed by atoms with Crippen molar-refractivity contribution in [2.24, 2.45) is 0 Å². The van der Waals surface area contributed by atoms with Crippen LogP contribution < -0.4 is 10.6 Å². The first-order valence-electron chi connectivity index (χ1n) is 7.95. The third kappa shape index (κ3) is 3.67. The molecule has 134 valence electrons. The van der Waals surface area contributed by atoms with Gasteiger partial charge in [0.15, 0.2) is 0 Å². The van der Waals surface area contributed by atoms with E-state index in [1.165, 1.54) is 6.33 Å². The van der Waals surface area contributed by atoms with Gasteiger partial charge in [-0.05, 0) is 19.1 Å². The van der Waals surface area contributed by atoms with Crippen LogP contribution in [0.25, 0.3) is 10.9 Å². The molecule has 2 heterocycles. The smallest absolute Gasteiger partial charge is 0.353 e. The van der Waals surface area contributed by atoms with E-state index in [4.69, 9.17) is 4.74 Å². The number of aryl methyl sites for hydroxylation is 1. The van der Waals surface area contributed by atoms with Crippen LogP contribution in [0.2, 0.25) is 0 Å². The number of rotatable bonds is 7. The minimum absolute atomic E-state index is 0.0979. The highest BCUT2D eigenvalue weighted by molar-refractivity contribution is 5.93. The second-order valence-corrected chi connectivity index (χ2v) is 5.55. The molecule has 0 unspecified atom stereocenters. The van der Waals surface area contributed by atoms with E-state index in [1.54, 1.807) is 13.2 Å². The molecule has 2 aromatic heterocycles. The summed E-state index contributed by atoms with van der Waals surface area (Å²) in [5.74, 6) is 0.231. The number of hydrogen-bond acceptors (Lipinski definition) is 8. The molecular formula is C17H18N6O3. The molecule has 26 heavy (non-hydrogen) atoms. The summed E-state index contributed by atoms with van der Waals surface area (Å²) in [6.07, 6.45) is 1.27. The zero-order valence-electron chi connectivity index (χ0n) is 14.4. The van der Waals surface area contributed by atoms with Crippen molar-refractivity contribution in [2.75, 3.05) is 30.9 Å². The molecule has 0 fully saturated rings. The van der Waals surface area contributed by atoms with E-state index < -0.39 is 4.92 Å². The summed E-state index contributed by atoms with van der Waals surface area (Å²) in [7, 11) is 1.55. The fourth-order valence-electron chi connectivity index (χ4n) is 2.52. The van der Waals surface area contributed by atoms with Gasteiger partial charge in [-0.25, -0.2) is 9.97 Å². The summed E-state index contributed by atoms with van der Waals surface area (Å²) < 4.78 is 4.95. The second-order valence-electron chi connectivity index (χ2n) is 5.55. The Morgan fingerprint density at radius 3 is 2.77 bits per heavy atom. The Hall–Kier alpha value is -3.33. The molecule has 1 aromatic carbocycles. The number of hydrogen-bond donors (Lipinski definition) is 2. The molecule has 9 heteroatoms. The number of anilines is 3. The number of nitro groups is 1. The van der Waals surface area contributed by atoms with Crippen LogP contribution in [-0.2, 0) is 4.74 Å². The number of ether oxygens (including phenoxy) is 1. The Morgan fingerprint density at radius 2 is 2.00 bits per heavy atom. The lowest BCUT2D eigenvalue weighted by atomic mass is 10.1. The first kappa shape index (κ1) is 17.5. The number of para-hydroxylation sites is 1. The van der Waals surface area contributed by atoms with E-state index in [1.807, 2.05) is 31.2 Å². The number of pyridine rings is 1. The van der Waals surface area contributed by atoms with Gasteiger partial charge in [-0.2, -0.15) is 0 Å². The van der Waals surface area contributed by atoms with Crippen LogP contribution in [0, 0.1) is 17.0 Å². The Labute approximate surface area is 149 Å². The zero-order valence-corrected chi connectivity index (χ0v) is 14.4. The first-order valence-corrected chi connectivity index (χ1v) is 7.95. The van der Waals surface area contributed by atoms with Gasteiger partial charge in [0.25, 0.3) is 0 Å². The van der Waals surface area contributed by atoms with Gasteiger partial charge >= 0.3 is 5.69 Å². The highest BCUT2D eigenvalue weighted by Gasteiger charge is 2.23. The van der Waals surface area contributed by atoms with Crippen molar-refractivity contribution < 1.29 is 9.66 Å². The molecule has 0 saturated carbocycles. The summed E-state index contributed by atoms with van der Waals surface area (Å²) in [4.78, 5) is 23.6. The summed E-state index contributed by atoms with van der Waals surface area (Å²) in [6, 6.07) is 9.45. The SMILES string of the molecule is COCCNc1ncnc(Nc2cccc3ccc(C)nc23)c1[N+](=O)[O-]. The molecule has 0 aliphatic rings. The van der Waals surface area contributed by atoms with Gasteiger partial charge < -0.3 is 15.4 Å². The molecule has 0 atom stereocenters. The number of nitrogens with zero attached hydrogens (tertiary/aromatic N) is 4. The summed E-state index contributed by atoms with van der Waals surface area (Å²) in [5, 5.41) is 18.4. The minimum Gasteiger partial charge on any atom is -0.383 e. The molecule has 0 spiro atoms. The van der Waals surface area contributed by atoms with Gasteiger partial charge in [0.2, 0.25) is 11.6 Å². The maximum absolute atomic E-state index is 11.6. The number of fused-ring (bicyclic) bond motifs is 1. The maximum atomic E-state index is 11.6. The van der Waals surface area contributed by atoms with Crippen LogP contribution in [0.5, 0.6) is 0 Å². The molecule has 0 amide bonds. The number of aromatic nitrogens is 3. The molecule has 0 bridgehead atoms.